The van der Waals surface area contributed by atoms with Gasteiger partial charge in [-0.05, 0) is 118 Å². The van der Waals surface area contributed by atoms with E-state index in [4.69, 9.17) is 61.6 Å². The maximum Gasteiger partial charge on any atom is 0.187 e. The van der Waals surface area contributed by atoms with Gasteiger partial charge in [0.15, 0.2) is 37.7 Å². The molecule has 548 valence electrons. The van der Waals surface area contributed by atoms with Crippen molar-refractivity contribution >= 4 is 0 Å². The van der Waals surface area contributed by atoms with Crippen LogP contribution in [0.15, 0.2) is 11.3 Å². The number of aliphatic hydroxyl groups is 19. The summed E-state index contributed by atoms with van der Waals surface area (Å²) in [5.41, 5.74) is 1.19. The van der Waals surface area contributed by atoms with Crippen LogP contribution >= 0.6 is 0 Å². The van der Waals surface area contributed by atoms with Crippen LogP contribution in [0.4, 0.5) is 0 Å². The molecule has 4 saturated carbocycles. The fourth-order valence-electron chi connectivity index (χ4n) is 18.1. The SMILES string of the molecule is CC1=C(CCC(C)CO[C@@H]2O[C@H](CO)[C@@H](O)[C@H](O)[C@H]2O)OC2C[C@H]3[C@@H]4CC[C@H]5C[C@@H](O[C@@H]6O[C@H](CO)[C@H](O[C@@H]7O[C@H](CO)[C@@H](O)[C@H](O[C@@H]8O[C@H](CO)[C@@H](O)[C@H](O)[C@H]8O)[C@H]7O[C@@H]7O[C@H](CO)[C@H](O)[C@H](O)[C@H]7O)[C@H](O)[C@H]6O[C@@H]6O[C@@H](C)[C@H](O)[C@@H](O)[C@H]6O)CC[C@]5(C)[C@H]4CC[C@]3(C)[C@@H]12. The van der Waals surface area contributed by atoms with Crippen LogP contribution in [0, 0.1) is 46.3 Å². The minimum absolute atomic E-state index is 0.00619. The van der Waals surface area contributed by atoms with E-state index < -0.39 is 223 Å². The first-order valence-corrected chi connectivity index (χ1v) is 33.9. The Kier molecular flexibility index (Phi) is 23.8. The molecule has 6 saturated heterocycles. The second kappa shape index (κ2) is 30.3. The third-order valence-electron chi connectivity index (χ3n) is 23.7. The number of allylic oxidation sites excluding steroid dienone is 1. The second-order valence-electron chi connectivity index (χ2n) is 29.3. The maximum atomic E-state index is 12.8. The summed E-state index contributed by atoms with van der Waals surface area (Å²) in [6.07, 6.45) is -45.1. The monoisotopic (exact) mass is 1370 g/mol. The van der Waals surface area contributed by atoms with E-state index in [-0.39, 0.29) is 41.3 Å². The van der Waals surface area contributed by atoms with Crippen LogP contribution in [0.2, 0.25) is 0 Å². The van der Waals surface area contributed by atoms with Crippen LogP contribution < -0.4 is 0 Å². The average molecular weight is 1370 g/mol. The van der Waals surface area contributed by atoms with E-state index >= 15 is 0 Å². The molecule has 11 rings (SSSR count). The lowest BCUT2D eigenvalue weighted by atomic mass is 9.44. The van der Waals surface area contributed by atoms with E-state index in [2.05, 4.69) is 20.8 Å². The highest BCUT2D eigenvalue weighted by atomic mass is 16.8. The van der Waals surface area contributed by atoms with E-state index in [0.717, 1.165) is 50.7 Å². The summed E-state index contributed by atoms with van der Waals surface area (Å²) in [7, 11) is 0. The molecule has 32 nitrogen and oxygen atoms in total. The Bertz CT molecular complexity index is 2520. The molecule has 4 aliphatic carbocycles. The van der Waals surface area contributed by atoms with Crippen molar-refractivity contribution in [1.82, 2.24) is 0 Å². The Morgan fingerprint density at radius 3 is 1.51 bits per heavy atom. The van der Waals surface area contributed by atoms with Crippen LogP contribution in [-0.2, 0) is 61.6 Å². The van der Waals surface area contributed by atoms with Crippen LogP contribution in [0.25, 0.3) is 0 Å². The molecule has 0 bridgehead atoms. The van der Waals surface area contributed by atoms with Gasteiger partial charge in [-0.25, -0.2) is 0 Å². The van der Waals surface area contributed by atoms with Crippen molar-refractivity contribution in [3.63, 3.8) is 0 Å². The Labute approximate surface area is 549 Å². The largest absolute Gasteiger partial charge is 0.494 e. The molecule has 95 heavy (non-hydrogen) atoms. The quantitative estimate of drug-likeness (QED) is 0.0475. The van der Waals surface area contributed by atoms with Crippen molar-refractivity contribution in [2.24, 2.45) is 46.3 Å². The zero-order chi connectivity index (χ0) is 68.6. The Balaban J connectivity index is 0.790. The summed E-state index contributed by atoms with van der Waals surface area (Å²) in [5, 5.41) is 205. The zero-order valence-electron chi connectivity index (χ0n) is 54.1. The van der Waals surface area contributed by atoms with Crippen molar-refractivity contribution in [2.75, 3.05) is 39.6 Å². The lowest BCUT2D eigenvalue weighted by Gasteiger charge is -2.61. The van der Waals surface area contributed by atoms with Crippen molar-refractivity contribution in [3.8, 4) is 0 Å². The molecule has 7 heterocycles. The Hall–Kier alpha value is -1.70. The molecule has 0 aromatic carbocycles. The molecule has 10 fully saturated rings. The van der Waals surface area contributed by atoms with Crippen molar-refractivity contribution in [2.45, 2.75) is 295 Å². The summed E-state index contributed by atoms with van der Waals surface area (Å²) in [6, 6.07) is 0. The van der Waals surface area contributed by atoms with Crippen LogP contribution in [0.1, 0.15) is 98.8 Å². The lowest BCUT2D eigenvalue weighted by molar-refractivity contribution is -0.413. The molecule has 0 spiro atoms. The smallest absolute Gasteiger partial charge is 0.187 e. The number of hydrogen-bond acceptors (Lipinski definition) is 32. The maximum absolute atomic E-state index is 12.8. The first kappa shape index (κ1) is 74.5. The molecule has 2 unspecified atom stereocenters. The highest BCUT2D eigenvalue weighted by Crippen LogP contribution is 2.70. The van der Waals surface area contributed by atoms with Gasteiger partial charge >= 0.3 is 0 Å². The van der Waals surface area contributed by atoms with Gasteiger partial charge in [-0.2, -0.15) is 0 Å². The van der Waals surface area contributed by atoms with Gasteiger partial charge in [0.05, 0.1) is 57.6 Å². The highest BCUT2D eigenvalue weighted by Gasteiger charge is 2.66. The molecular formula is C63H104O32. The van der Waals surface area contributed by atoms with Gasteiger partial charge in [0.25, 0.3) is 0 Å². The second-order valence-corrected chi connectivity index (χ2v) is 29.3. The fraction of sp³-hybridized carbons (Fsp3) is 0.968. The predicted octanol–water partition coefficient (Wildman–Crippen LogP) is -6.33. The zero-order valence-corrected chi connectivity index (χ0v) is 54.1. The molecule has 0 aromatic rings. The topological polar surface area (TPSA) is 504 Å². The Morgan fingerprint density at radius 2 is 0.916 bits per heavy atom. The van der Waals surface area contributed by atoms with Crippen LogP contribution in [-0.4, -0.2) is 333 Å². The third-order valence-corrected chi connectivity index (χ3v) is 23.7. The lowest BCUT2D eigenvalue weighted by Crippen LogP contribution is -2.69. The van der Waals surface area contributed by atoms with Gasteiger partial charge in [-0.15, -0.1) is 0 Å². The van der Waals surface area contributed by atoms with E-state index in [0.29, 0.717) is 37.0 Å². The van der Waals surface area contributed by atoms with E-state index in [9.17, 15) is 97.0 Å². The van der Waals surface area contributed by atoms with E-state index in [1.165, 1.54) is 12.5 Å². The third kappa shape index (κ3) is 14.1. The fourth-order valence-corrected chi connectivity index (χ4v) is 18.1. The van der Waals surface area contributed by atoms with Crippen LogP contribution in [0.3, 0.4) is 0 Å². The molecule has 0 aromatic heterocycles. The summed E-state index contributed by atoms with van der Waals surface area (Å²) >= 11 is 0. The van der Waals surface area contributed by atoms with Gasteiger partial charge in [-0.3, -0.25) is 0 Å². The minimum atomic E-state index is -2.12. The molecule has 11 aliphatic rings. The number of rotatable bonds is 21. The molecular weight excluding hydrogens is 1270 g/mol. The number of hydrogen-bond donors (Lipinski definition) is 19. The van der Waals surface area contributed by atoms with Gasteiger partial charge in [0.1, 0.15) is 146 Å². The minimum Gasteiger partial charge on any atom is -0.494 e. The van der Waals surface area contributed by atoms with Crippen molar-refractivity contribution in [1.29, 1.82) is 0 Å². The van der Waals surface area contributed by atoms with Gasteiger partial charge in [0.2, 0.25) is 0 Å². The standard InChI is InChI=1S/C63H104O32/c1-22(21-83-56-47(78)44(75)39(70)32(16-64)87-56)6-9-30-23(2)37-31(86-30)15-29-27-8-7-25-14-26(10-12-62(25,4)28(27)11-13-63(29,37)5)85-60-54(94-57-48(79)43(74)38(69)24(3)84-57)51(82)52(36(20-68)91-60)92-61-55(95-59-50(81)46(77)41(72)34(18-66)89-59)53(42(73)35(19-67)90-61)93-58-49(80)45(76)40(71)33(17-65)88-58/h22,24-29,31-61,64-82H,6-21H2,1-5H3/t22?,24-,25-,26-,27+,28-,29-,31?,32+,33+,34+,35+,36+,37-,38-,39+,40+,41-,42+,43+,44-,45-,46-,47+,48+,49+,50+,51-,52-,53-,54+,55+,56+,57-,58-,59-,60+,61-,62-,63-/m0/s1. The normalized spacial score (nSPS) is 53.7. The van der Waals surface area contributed by atoms with E-state index in [1.807, 2.05) is 6.92 Å². The summed E-state index contributed by atoms with van der Waals surface area (Å²) in [5.74, 6) is 2.71. The highest BCUT2D eigenvalue weighted by molar-refractivity contribution is 5.27. The van der Waals surface area contributed by atoms with Gasteiger partial charge < -0.3 is 159 Å². The number of fused-ring (bicyclic) bond motifs is 7. The van der Waals surface area contributed by atoms with E-state index in [1.54, 1.807) is 0 Å². The summed E-state index contributed by atoms with van der Waals surface area (Å²) < 4.78 is 79.8. The first-order valence-electron chi connectivity index (χ1n) is 33.9. The summed E-state index contributed by atoms with van der Waals surface area (Å²) in [4.78, 5) is 0. The summed E-state index contributed by atoms with van der Waals surface area (Å²) in [6.45, 7) is 6.38. The first-order chi connectivity index (χ1) is 45.1. The van der Waals surface area contributed by atoms with Gasteiger partial charge in [-0.1, -0.05) is 20.8 Å². The Morgan fingerprint density at radius 1 is 0.442 bits per heavy atom. The van der Waals surface area contributed by atoms with Crippen molar-refractivity contribution < 1.29 is 159 Å². The molecule has 0 amide bonds. The molecule has 32 heteroatoms. The molecule has 19 N–H and O–H groups in total. The molecule has 0 radical (unpaired) electrons. The average Bonchev–Trinajstić information content (AvgIpc) is 1.60. The number of ether oxygens (including phenoxy) is 13. The van der Waals surface area contributed by atoms with Crippen molar-refractivity contribution in [3.05, 3.63) is 11.3 Å². The van der Waals surface area contributed by atoms with Gasteiger partial charge in [0, 0.05) is 12.3 Å². The van der Waals surface area contributed by atoms with Crippen LogP contribution in [0.5, 0.6) is 0 Å². The molecule has 7 aliphatic heterocycles. The molecule has 40 atom stereocenters. The predicted molar refractivity (Wildman–Crippen MR) is 314 cm³/mol. The number of aliphatic hydroxyl groups excluding tert-OH is 19.